The monoisotopic (exact) mass is 219 g/mol. The van der Waals surface area contributed by atoms with Crippen LogP contribution in [0.1, 0.15) is 0 Å². The molecule has 16 heavy (non-hydrogen) atoms. The summed E-state index contributed by atoms with van der Waals surface area (Å²) < 4.78 is 3.61. The molecule has 0 unspecified atom stereocenters. The number of fused-ring (bicyclic) bond motifs is 1. The van der Waals surface area contributed by atoms with Crippen molar-refractivity contribution in [2.24, 2.45) is 14.1 Å². The molecule has 7 heteroatoms. The Morgan fingerprint density at radius 2 is 2.06 bits per heavy atom. The lowest BCUT2D eigenvalue weighted by atomic mass is 10.5. The second-order valence-electron chi connectivity index (χ2n) is 3.32. The summed E-state index contributed by atoms with van der Waals surface area (Å²) in [4.78, 5) is 23.5. The fourth-order valence-electron chi connectivity index (χ4n) is 1.54. The van der Waals surface area contributed by atoms with Gasteiger partial charge in [-0.25, -0.2) is 9.48 Å². The normalized spacial score (nSPS) is 10.6. The summed E-state index contributed by atoms with van der Waals surface area (Å²) in [6.07, 6.45) is 5.18. The Kier molecular flexibility index (Phi) is 2.12. The van der Waals surface area contributed by atoms with Crippen LogP contribution in [0.4, 0.5) is 0 Å². The van der Waals surface area contributed by atoms with Gasteiger partial charge in [-0.15, -0.1) is 11.5 Å². The predicted octanol–water partition coefficient (Wildman–Crippen LogP) is -1.54. The van der Waals surface area contributed by atoms with E-state index in [9.17, 15) is 9.59 Å². The van der Waals surface area contributed by atoms with Crippen LogP contribution in [0.15, 0.2) is 9.59 Å². The minimum atomic E-state index is -0.471. The average molecular weight is 219 g/mol. The van der Waals surface area contributed by atoms with Gasteiger partial charge in [0.05, 0.1) is 6.54 Å². The molecule has 0 saturated carbocycles. The highest BCUT2D eigenvalue weighted by Gasteiger charge is 2.14. The summed E-state index contributed by atoms with van der Waals surface area (Å²) in [5.74, 6) is 2.36. The molecule has 0 N–H and O–H groups in total. The van der Waals surface area contributed by atoms with E-state index in [0.29, 0.717) is 5.65 Å². The van der Waals surface area contributed by atoms with E-state index < -0.39 is 11.2 Å². The molecule has 0 aliphatic carbocycles. The maximum Gasteiger partial charge on any atom is 0.333 e. The van der Waals surface area contributed by atoms with E-state index in [0.717, 1.165) is 4.57 Å². The number of nitrogens with zero attached hydrogens (tertiary/aromatic N) is 5. The van der Waals surface area contributed by atoms with Crippen molar-refractivity contribution < 1.29 is 0 Å². The first-order valence-corrected chi connectivity index (χ1v) is 4.50. The van der Waals surface area contributed by atoms with Crippen molar-refractivity contribution in [3.05, 3.63) is 20.8 Å². The molecule has 0 atom stereocenters. The van der Waals surface area contributed by atoms with Gasteiger partial charge < -0.3 is 0 Å². The Hall–Kier alpha value is -2.36. The summed E-state index contributed by atoms with van der Waals surface area (Å²) in [7, 11) is 2.98. The summed E-state index contributed by atoms with van der Waals surface area (Å²) in [5.41, 5.74) is -0.465. The number of hydrogen-bond donors (Lipinski definition) is 0. The van der Waals surface area contributed by atoms with Gasteiger partial charge in [0.25, 0.3) is 5.56 Å². The molecule has 2 aromatic rings. The van der Waals surface area contributed by atoms with Crippen molar-refractivity contribution in [1.82, 2.24) is 24.1 Å². The van der Waals surface area contributed by atoms with E-state index in [2.05, 4.69) is 16.2 Å². The van der Waals surface area contributed by atoms with E-state index >= 15 is 0 Å². The number of aromatic nitrogens is 5. The maximum atomic E-state index is 11.8. The van der Waals surface area contributed by atoms with Gasteiger partial charge in [0.15, 0.2) is 11.2 Å². The Labute approximate surface area is 89.9 Å². The molecule has 0 saturated heterocycles. The fourth-order valence-corrected chi connectivity index (χ4v) is 1.54. The third-order valence-corrected chi connectivity index (χ3v) is 2.33. The second-order valence-corrected chi connectivity index (χ2v) is 3.32. The summed E-state index contributed by atoms with van der Waals surface area (Å²) in [6, 6.07) is 0. The van der Waals surface area contributed by atoms with Crippen LogP contribution < -0.4 is 11.2 Å². The number of rotatable bonds is 1. The minimum absolute atomic E-state index is 0.0741. The molecule has 0 radical (unpaired) electrons. The van der Waals surface area contributed by atoms with E-state index in [4.69, 9.17) is 6.42 Å². The molecule has 0 spiro atoms. The highest BCUT2D eigenvalue weighted by molar-refractivity contribution is 5.68. The van der Waals surface area contributed by atoms with Gasteiger partial charge in [-0.3, -0.25) is 13.9 Å². The second kappa shape index (κ2) is 3.34. The Morgan fingerprint density at radius 1 is 1.38 bits per heavy atom. The summed E-state index contributed by atoms with van der Waals surface area (Å²) >= 11 is 0. The van der Waals surface area contributed by atoms with Crippen molar-refractivity contribution in [2.75, 3.05) is 0 Å². The molecule has 0 amide bonds. The first kappa shape index (κ1) is 10.2. The van der Waals surface area contributed by atoms with Crippen LogP contribution in [-0.2, 0) is 20.6 Å². The third kappa shape index (κ3) is 1.16. The third-order valence-electron chi connectivity index (χ3n) is 2.33. The SMILES string of the molecule is C#CCn1c(=O)n(C)c(=O)c2nnn(C)c21. The Bertz CT molecular complexity index is 712. The maximum absolute atomic E-state index is 11.8. The van der Waals surface area contributed by atoms with Gasteiger partial charge in [0.2, 0.25) is 0 Å². The first-order valence-electron chi connectivity index (χ1n) is 4.50. The molecule has 2 rings (SSSR count). The minimum Gasteiger partial charge on any atom is -0.267 e. The van der Waals surface area contributed by atoms with E-state index in [1.807, 2.05) is 0 Å². The highest BCUT2D eigenvalue weighted by Crippen LogP contribution is 2.01. The van der Waals surface area contributed by atoms with E-state index in [1.54, 1.807) is 7.05 Å². The van der Waals surface area contributed by atoms with Crippen LogP contribution in [0.25, 0.3) is 11.2 Å². The molecule has 7 nitrogen and oxygen atoms in total. The van der Waals surface area contributed by atoms with Gasteiger partial charge in [0, 0.05) is 14.1 Å². The molecular formula is C9H9N5O2. The molecule has 2 heterocycles. The fraction of sp³-hybridized carbons (Fsp3) is 0.333. The molecule has 0 bridgehead atoms. The molecule has 0 fully saturated rings. The van der Waals surface area contributed by atoms with Crippen LogP contribution >= 0.6 is 0 Å². The zero-order valence-corrected chi connectivity index (χ0v) is 8.84. The van der Waals surface area contributed by atoms with E-state index in [1.165, 1.54) is 16.3 Å². The van der Waals surface area contributed by atoms with Crippen LogP contribution in [0, 0.1) is 12.3 Å². The van der Waals surface area contributed by atoms with Crippen LogP contribution in [0.5, 0.6) is 0 Å². The van der Waals surface area contributed by atoms with Crippen molar-refractivity contribution in [1.29, 1.82) is 0 Å². The lowest BCUT2D eigenvalue weighted by Gasteiger charge is -2.05. The topological polar surface area (TPSA) is 74.7 Å². The smallest absolute Gasteiger partial charge is 0.267 e. The van der Waals surface area contributed by atoms with Crippen molar-refractivity contribution in [3.63, 3.8) is 0 Å². The van der Waals surface area contributed by atoms with Crippen molar-refractivity contribution in [2.45, 2.75) is 6.54 Å². The highest BCUT2D eigenvalue weighted by atomic mass is 16.2. The van der Waals surface area contributed by atoms with Crippen LogP contribution in [0.3, 0.4) is 0 Å². The van der Waals surface area contributed by atoms with Gasteiger partial charge in [-0.1, -0.05) is 11.1 Å². The zero-order valence-electron chi connectivity index (χ0n) is 8.84. The van der Waals surface area contributed by atoms with Gasteiger partial charge in [-0.05, 0) is 0 Å². The molecule has 0 aliphatic rings. The first-order chi connectivity index (χ1) is 7.57. The van der Waals surface area contributed by atoms with Crippen LogP contribution in [-0.4, -0.2) is 24.1 Å². The summed E-state index contributed by atoms with van der Waals surface area (Å²) in [5, 5.41) is 7.42. The molecule has 82 valence electrons. The molecule has 0 aliphatic heterocycles. The number of aryl methyl sites for hydroxylation is 1. The largest absolute Gasteiger partial charge is 0.333 e. The molecule has 2 aromatic heterocycles. The predicted molar refractivity (Wildman–Crippen MR) is 56.8 cm³/mol. The van der Waals surface area contributed by atoms with Gasteiger partial charge >= 0.3 is 5.69 Å². The number of terminal acetylenes is 1. The standard InChI is InChI=1S/C9H9N5O2/c1-4-5-14-7-6(10-11-13(7)3)8(15)12(2)9(14)16/h1H,5H2,2-3H3. The quantitative estimate of drug-likeness (QED) is 0.545. The molecule has 0 aromatic carbocycles. The molecular weight excluding hydrogens is 210 g/mol. The Balaban J connectivity index is 3.08. The van der Waals surface area contributed by atoms with E-state index in [-0.39, 0.29) is 12.1 Å². The Morgan fingerprint density at radius 3 is 2.69 bits per heavy atom. The lowest BCUT2D eigenvalue weighted by Crippen LogP contribution is -2.38. The van der Waals surface area contributed by atoms with Crippen LogP contribution in [0.2, 0.25) is 0 Å². The van der Waals surface area contributed by atoms with Crippen molar-refractivity contribution >= 4 is 11.2 Å². The lowest BCUT2D eigenvalue weighted by molar-refractivity contribution is 0.656. The zero-order chi connectivity index (χ0) is 11.9. The van der Waals surface area contributed by atoms with Gasteiger partial charge in [-0.2, -0.15) is 0 Å². The van der Waals surface area contributed by atoms with Gasteiger partial charge in [0.1, 0.15) is 0 Å². The number of hydrogen-bond acceptors (Lipinski definition) is 4. The average Bonchev–Trinajstić information content (AvgIpc) is 2.64. The van der Waals surface area contributed by atoms with Crippen molar-refractivity contribution in [3.8, 4) is 12.3 Å². The summed E-state index contributed by atoms with van der Waals surface area (Å²) in [6.45, 7) is 0.0741.